The Morgan fingerprint density at radius 2 is 2.04 bits per heavy atom. The molecule has 3 aliphatic carbocycles. The first-order valence-corrected chi connectivity index (χ1v) is 10.6. The molecule has 0 amide bonds. The van der Waals surface area contributed by atoms with E-state index in [0.29, 0.717) is 5.41 Å². The summed E-state index contributed by atoms with van der Waals surface area (Å²) in [7, 11) is 0. The molecule has 1 heterocycles. The molecule has 0 atom stereocenters. The molecule has 6 rings (SSSR count). The van der Waals surface area contributed by atoms with E-state index in [4.69, 9.17) is 4.98 Å². The third-order valence-electron chi connectivity index (χ3n) is 5.98. The fourth-order valence-electron chi connectivity index (χ4n) is 4.48. The second-order valence-electron chi connectivity index (χ2n) is 7.90. The third kappa shape index (κ3) is 3.18. The van der Waals surface area contributed by atoms with E-state index in [9.17, 15) is 4.79 Å². The molecule has 3 nitrogen and oxygen atoms in total. The second kappa shape index (κ2) is 7.02. The lowest BCUT2D eigenvalue weighted by molar-refractivity contribution is -0.104. The zero-order valence-electron chi connectivity index (χ0n) is 15.7. The molecule has 0 radical (unpaired) electrons. The molecular weight excluding hydrogens is 364 g/mol. The van der Waals surface area contributed by atoms with Crippen LogP contribution in [0.25, 0.3) is 21.9 Å². The Hall–Kier alpha value is -2.72. The van der Waals surface area contributed by atoms with Crippen molar-refractivity contribution in [3.05, 3.63) is 70.8 Å². The molecule has 140 valence electrons. The SMILES string of the molecule is O=C/C=C/c1cccc(NCC23CCC(c4nc5ccccc5s4)=C(C2)C3)c1. The fourth-order valence-corrected chi connectivity index (χ4v) is 5.56. The van der Waals surface area contributed by atoms with E-state index >= 15 is 0 Å². The van der Waals surface area contributed by atoms with Crippen LogP contribution < -0.4 is 5.32 Å². The van der Waals surface area contributed by atoms with E-state index in [1.54, 1.807) is 5.57 Å². The van der Waals surface area contributed by atoms with E-state index in [-0.39, 0.29) is 0 Å². The summed E-state index contributed by atoms with van der Waals surface area (Å²) in [6.07, 6.45) is 8.92. The molecule has 28 heavy (non-hydrogen) atoms. The summed E-state index contributed by atoms with van der Waals surface area (Å²) in [5.74, 6) is 0. The van der Waals surface area contributed by atoms with Gasteiger partial charge in [-0.3, -0.25) is 4.79 Å². The summed E-state index contributed by atoms with van der Waals surface area (Å²) >= 11 is 1.83. The molecule has 0 saturated heterocycles. The quantitative estimate of drug-likeness (QED) is 0.420. The number of hydrogen-bond acceptors (Lipinski definition) is 4. The zero-order chi connectivity index (χ0) is 19.0. The van der Waals surface area contributed by atoms with Gasteiger partial charge in [0.2, 0.25) is 0 Å². The van der Waals surface area contributed by atoms with Crippen molar-refractivity contribution in [3.8, 4) is 0 Å². The van der Waals surface area contributed by atoms with Gasteiger partial charge < -0.3 is 5.32 Å². The van der Waals surface area contributed by atoms with Gasteiger partial charge in [-0.15, -0.1) is 11.3 Å². The van der Waals surface area contributed by atoms with Crippen LogP contribution in [-0.2, 0) is 4.79 Å². The van der Waals surface area contributed by atoms with Crippen LogP contribution in [0.4, 0.5) is 5.69 Å². The monoisotopic (exact) mass is 386 g/mol. The van der Waals surface area contributed by atoms with Crippen LogP contribution >= 0.6 is 11.3 Å². The van der Waals surface area contributed by atoms with Gasteiger partial charge in [0.15, 0.2) is 0 Å². The highest BCUT2D eigenvalue weighted by Gasteiger charge is 2.45. The number of thiazole rings is 1. The van der Waals surface area contributed by atoms with Gasteiger partial charge in [0.05, 0.1) is 10.2 Å². The summed E-state index contributed by atoms with van der Waals surface area (Å²) in [5, 5.41) is 4.86. The van der Waals surface area contributed by atoms with Crippen LogP contribution in [0.3, 0.4) is 0 Å². The highest BCUT2D eigenvalue weighted by atomic mass is 32.1. The van der Waals surface area contributed by atoms with Gasteiger partial charge in [-0.25, -0.2) is 4.98 Å². The van der Waals surface area contributed by atoms with Gasteiger partial charge in [0.1, 0.15) is 11.3 Å². The minimum atomic E-state index is 0.393. The van der Waals surface area contributed by atoms with Crippen molar-refractivity contribution in [1.82, 2.24) is 4.98 Å². The van der Waals surface area contributed by atoms with Gasteiger partial charge in [-0.05, 0) is 72.6 Å². The molecule has 0 aliphatic heterocycles. The molecule has 1 saturated carbocycles. The van der Waals surface area contributed by atoms with Crippen LogP contribution in [0.1, 0.15) is 36.3 Å². The number of para-hydroxylation sites is 1. The lowest BCUT2D eigenvalue weighted by atomic mass is 9.57. The predicted molar refractivity (Wildman–Crippen MR) is 117 cm³/mol. The molecular formula is C24H22N2OS. The van der Waals surface area contributed by atoms with Crippen LogP contribution in [-0.4, -0.2) is 17.8 Å². The first-order valence-electron chi connectivity index (χ1n) is 9.77. The molecule has 1 N–H and O–H groups in total. The maximum absolute atomic E-state index is 10.5. The van der Waals surface area contributed by atoms with Crippen LogP contribution in [0, 0.1) is 5.41 Å². The van der Waals surface area contributed by atoms with Crippen LogP contribution in [0.15, 0.2) is 60.2 Å². The minimum absolute atomic E-state index is 0.393. The topological polar surface area (TPSA) is 42.0 Å². The number of carbonyl (C=O) groups excluding carboxylic acids is 1. The third-order valence-corrected chi connectivity index (χ3v) is 7.08. The number of aromatic nitrogens is 1. The minimum Gasteiger partial charge on any atom is -0.384 e. The maximum atomic E-state index is 10.5. The number of carbonyl (C=O) groups is 1. The van der Waals surface area contributed by atoms with E-state index < -0.39 is 0 Å². The van der Waals surface area contributed by atoms with E-state index in [1.165, 1.54) is 40.6 Å². The van der Waals surface area contributed by atoms with Gasteiger partial charge in [0.25, 0.3) is 0 Å². The number of fused-ring (bicyclic) bond motifs is 3. The van der Waals surface area contributed by atoms with Crippen molar-refractivity contribution in [2.24, 2.45) is 5.41 Å². The smallest absolute Gasteiger partial charge is 0.142 e. The molecule has 1 aromatic heterocycles. The van der Waals surface area contributed by atoms with E-state index in [2.05, 4.69) is 41.7 Å². The summed E-state index contributed by atoms with van der Waals surface area (Å²) in [6.45, 7) is 1.00. The number of hydrogen-bond donors (Lipinski definition) is 1. The summed E-state index contributed by atoms with van der Waals surface area (Å²) < 4.78 is 1.28. The highest BCUT2D eigenvalue weighted by Crippen LogP contribution is 2.57. The Morgan fingerprint density at radius 1 is 1.14 bits per heavy atom. The molecule has 2 bridgehead atoms. The molecule has 3 aliphatic rings. The maximum Gasteiger partial charge on any atom is 0.142 e. The van der Waals surface area contributed by atoms with Crippen molar-refractivity contribution in [3.63, 3.8) is 0 Å². The van der Waals surface area contributed by atoms with Crippen LogP contribution in [0.5, 0.6) is 0 Å². The average Bonchev–Trinajstić information content (AvgIpc) is 3.15. The molecule has 3 aromatic rings. The van der Waals surface area contributed by atoms with Gasteiger partial charge in [-0.1, -0.05) is 35.9 Å². The number of benzene rings is 2. The summed E-state index contributed by atoms with van der Waals surface area (Å²) in [6, 6.07) is 16.7. The van der Waals surface area contributed by atoms with Crippen molar-refractivity contribution < 1.29 is 4.79 Å². The second-order valence-corrected chi connectivity index (χ2v) is 8.93. The normalized spacial score (nSPS) is 17.7. The molecule has 0 spiro atoms. The number of allylic oxidation sites excluding steroid dienone is 3. The summed E-state index contributed by atoms with van der Waals surface area (Å²) in [4.78, 5) is 15.4. The predicted octanol–water partition coefficient (Wildman–Crippen LogP) is 5.95. The molecule has 4 heteroatoms. The van der Waals surface area contributed by atoms with Crippen molar-refractivity contribution in [2.45, 2.75) is 25.7 Å². The van der Waals surface area contributed by atoms with Gasteiger partial charge >= 0.3 is 0 Å². The Labute approximate surface area is 168 Å². The first-order chi connectivity index (χ1) is 13.7. The lowest BCUT2D eigenvalue weighted by Gasteiger charge is -2.49. The van der Waals surface area contributed by atoms with Gasteiger partial charge in [0, 0.05) is 12.2 Å². The van der Waals surface area contributed by atoms with Crippen molar-refractivity contribution in [1.29, 1.82) is 0 Å². The Kier molecular flexibility index (Phi) is 4.36. The largest absolute Gasteiger partial charge is 0.384 e. The molecule has 0 unspecified atom stereocenters. The van der Waals surface area contributed by atoms with Crippen molar-refractivity contribution in [2.75, 3.05) is 11.9 Å². The standard InChI is InChI=1S/C24H22N2OS/c27-12-4-6-17-5-3-7-19(13-17)25-16-24-11-10-20(18(14-24)15-24)23-26-21-8-1-2-9-22(21)28-23/h1-9,12-13,25H,10-11,14-16H2/b6-4+. The number of aldehydes is 1. The number of nitrogens with one attached hydrogen (secondary N) is 1. The Balaban J connectivity index is 1.28. The number of rotatable bonds is 6. The van der Waals surface area contributed by atoms with Crippen molar-refractivity contribution >= 4 is 45.2 Å². The molecule has 1 fully saturated rings. The zero-order valence-corrected chi connectivity index (χ0v) is 16.5. The average molecular weight is 387 g/mol. The summed E-state index contributed by atoms with van der Waals surface area (Å²) in [5.41, 5.74) is 6.79. The lowest BCUT2D eigenvalue weighted by Crippen LogP contribution is -2.41. The highest BCUT2D eigenvalue weighted by molar-refractivity contribution is 7.19. The first kappa shape index (κ1) is 17.4. The Bertz CT molecular complexity index is 1070. The molecule has 2 aromatic carbocycles. The van der Waals surface area contributed by atoms with E-state index in [0.717, 1.165) is 36.0 Å². The Morgan fingerprint density at radius 3 is 2.82 bits per heavy atom. The van der Waals surface area contributed by atoms with Crippen LogP contribution in [0.2, 0.25) is 0 Å². The number of nitrogens with zero attached hydrogens (tertiary/aromatic N) is 1. The van der Waals surface area contributed by atoms with E-state index in [1.807, 2.05) is 29.5 Å². The van der Waals surface area contributed by atoms with Gasteiger partial charge in [-0.2, -0.15) is 0 Å². The number of anilines is 1. The fraction of sp³-hybridized carbons (Fsp3) is 0.250.